The molecule has 5 heteroatoms. The number of nitrogens with zero attached hydrogens (tertiary/aromatic N) is 2. The van der Waals surface area contributed by atoms with Gasteiger partial charge in [-0.3, -0.25) is 4.79 Å². The Labute approximate surface area is 152 Å². The number of rotatable bonds is 6. The van der Waals surface area contributed by atoms with Gasteiger partial charge in [0.1, 0.15) is 5.75 Å². The molecule has 1 fully saturated rings. The van der Waals surface area contributed by atoms with Crippen molar-refractivity contribution in [2.75, 3.05) is 7.11 Å². The number of methoxy groups -OCH3 is 1. The van der Waals surface area contributed by atoms with Gasteiger partial charge in [-0.25, -0.2) is 4.98 Å². The zero-order valence-corrected chi connectivity index (χ0v) is 14.6. The molecule has 2 aromatic carbocycles. The minimum atomic E-state index is 0.0307. The van der Waals surface area contributed by atoms with Crippen LogP contribution in [-0.4, -0.2) is 22.6 Å². The van der Waals surface area contributed by atoms with Crippen molar-refractivity contribution < 1.29 is 9.53 Å². The number of aromatic nitrogens is 2. The Morgan fingerprint density at radius 2 is 2.15 bits per heavy atom. The number of hydrogen-bond donors (Lipinski definition) is 1. The van der Waals surface area contributed by atoms with Crippen LogP contribution in [-0.2, 0) is 11.3 Å². The fourth-order valence-electron chi connectivity index (χ4n) is 3.36. The van der Waals surface area contributed by atoms with E-state index in [4.69, 9.17) is 4.74 Å². The van der Waals surface area contributed by atoms with Crippen molar-refractivity contribution in [1.82, 2.24) is 14.9 Å². The van der Waals surface area contributed by atoms with Gasteiger partial charge in [0.15, 0.2) is 0 Å². The normalized spacial score (nSPS) is 18.3. The number of imidazole rings is 1. The molecule has 0 radical (unpaired) electrons. The number of para-hydroxylation sites is 1. The SMILES string of the molecule is COc1ccccc1[C@H]1C[C@H]1C(=O)NCc1cccc(-n2ccnc2)c1. The van der Waals surface area contributed by atoms with Crippen LogP contribution in [0.5, 0.6) is 5.75 Å². The summed E-state index contributed by atoms with van der Waals surface area (Å²) >= 11 is 0. The van der Waals surface area contributed by atoms with Crippen LogP contribution in [0.15, 0.2) is 67.3 Å². The first-order valence-electron chi connectivity index (χ1n) is 8.74. The number of nitrogens with one attached hydrogen (secondary N) is 1. The van der Waals surface area contributed by atoms with Gasteiger partial charge in [0.25, 0.3) is 0 Å². The van der Waals surface area contributed by atoms with E-state index in [1.54, 1.807) is 19.6 Å². The van der Waals surface area contributed by atoms with Crippen LogP contribution in [0.3, 0.4) is 0 Å². The third-order valence-electron chi connectivity index (χ3n) is 4.85. The molecule has 26 heavy (non-hydrogen) atoms. The van der Waals surface area contributed by atoms with Crippen molar-refractivity contribution in [3.05, 3.63) is 78.4 Å². The van der Waals surface area contributed by atoms with Crippen LogP contribution in [0.25, 0.3) is 5.69 Å². The monoisotopic (exact) mass is 347 g/mol. The van der Waals surface area contributed by atoms with Crippen LogP contribution in [0, 0.1) is 5.92 Å². The summed E-state index contributed by atoms with van der Waals surface area (Å²) in [4.78, 5) is 16.6. The third-order valence-corrected chi connectivity index (χ3v) is 4.85. The number of carbonyl (C=O) groups excluding carboxylic acids is 1. The molecular weight excluding hydrogens is 326 g/mol. The van der Waals surface area contributed by atoms with Crippen LogP contribution >= 0.6 is 0 Å². The molecule has 1 N–H and O–H groups in total. The molecule has 1 aliphatic rings. The molecule has 3 aromatic rings. The van der Waals surface area contributed by atoms with Crippen molar-refractivity contribution in [2.24, 2.45) is 5.92 Å². The number of ether oxygens (including phenoxy) is 1. The first-order valence-corrected chi connectivity index (χ1v) is 8.74. The summed E-state index contributed by atoms with van der Waals surface area (Å²) in [5.74, 6) is 1.25. The van der Waals surface area contributed by atoms with Gasteiger partial charge in [-0.15, -0.1) is 0 Å². The zero-order valence-electron chi connectivity index (χ0n) is 14.6. The molecule has 0 saturated heterocycles. The van der Waals surface area contributed by atoms with Crippen molar-refractivity contribution in [3.63, 3.8) is 0 Å². The first-order chi connectivity index (χ1) is 12.8. The lowest BCUT2D eigenvalue weighted by atomic mass is 10.1. The average molecular weight is 347 g/mol. The van der Waals surface area contributed by atoms with E-state index in [-0.39, 0.29) is 17.7 Å². The molecule has 5 nitrogen and oxygen atoms in total. The van der Waals surface area contributed by atoms with E-state index in [0.29, 0.717) is 6.54 Å². The van der Waals surface area contributed by atoms with Gasteiger partial charge in [0.05, 0.1) is 13.4 Å². The highest BCUT2D eigenvalue weighted by atomic mass is 16.5. The van der Waals surface area contributed by atoms with Crippen molar-refractivity contribution >= 4 is 5.91 Å². The second-order valence-corrected chi connectivity index (χ2v) is 6.55. The van der Waals surface area contributed by atoms with Gasteiger partial charge >= 0.3 is 0 Å². The summed E-state index contributed by atoms with van der Waals surface area (Å²) in [6.07, 6.45) is 6.29. The van der Waals surface area contributed by atoms with Gasteiger partial charge in [-0.05, 0) is 41.7 Å². The Hall–Kier alpha value is -3.08. The minimum absolute atomic E-state index is 0.0307. The average Bonchev–Trinajstić information content (AvgIpc) is 3.30. The van der Waals surface area contributed by atoms with E-state index in [9.17, 15) is 4.79 Å². The summed E-state index contributed by atoms with van der Waals surface area (Å²) in [6.45, 7) is 0.524. The molecule has 1 aliphatic carbocycles. The second kappa shape index (κ2) is 7.04. The maximum Gasteiger partial charge on any atom is 0.224 e. The Balaban J connectivity index is 1.37. The predicted octanol–water partition coefficient (Wildman–Crippen LogP) is 3.30. The van der Waals surface area contributed by atoms with Crippen LogP contribution in [0.2, 0.25) is 0 Å². The van der Waals surface area contributed by atoms with Crippen molar-refractivity contribution in [2.45, 2.75) is 18.9 Å². The number of carbonyl (C=O) groups is 1. The topological polar surface area (TPSA) is 56.1 Å². The van der Waals surface area contributed by atoms with Gasteiger partial charge in [0.2, 0.25) is 5.91 Å². The first kappa shape index (κ1) is 16.4. The molecule has 1 aromatic heterocycles. The lowest BCUT2D eigenvalue weighted by Crippen LogP contribution is -2.25. The van der Waals surface area contributed by atoms with Crippen LogP contribution in [0.4, 0.5) is 0 Å². The van der Waals surface area contributed by atoms with Crippen molar-refractivity contribution in [3.8, 4) is 11.4 Å². The molecule has 132 valence electrons. The molecular formula is C21H21N3O2. The number of amides is 1. The summed E-state index contributed by atoms with van der Waals surface area (Å²) in [7, 11) is 1.67. The van der Waals surface area contributed by atoms with E-state index in [1.165, 1.54) is 0 Å². The maximum atomic E-state index is 12.5. The molecule has 1 saturated carbocycles. The minimum Gasteiger partial charge on any atom is -0.496 e. The molecule has 2 atom stereocenters. The summed E-state index contributed by atoms with van der Waals surface area (Å²) in [5, 5.41) is 3.07. The summed E-state index contributed by atoms with van der Waals surface area (Å²) < 4.78 is 7.36. The van der Waals surface area contributed by atoms with Crippen LogP contribution in [0.1, 0.15) is 23.5 Å². The number of benzene rings is 2. The standard InChI is InChI=1S/C21H21N3O2/c1-26-20-8-3-2-7-17(20)18-12-19(18)21(25)23-13-15-5-4-6-16(11-15)24-10-9-22-14-24/h2-11,14,18-19H,12-13H2,1H3,(H,23,25)/t18-,19-/m1/s1. The van der Waals surface area contributed by atoms with Crippen molar-refractivity contribution in [1.29, 1.82) is 0 Å². The quantitative estimate of drug-likeness (QED) is 0.744. The lowest BCUT2D eigenvalue weighted by molar-refractivity contribution is -0.122. The van der Waals surface area contributed by atoms with E-state index in [0.717, 1.165) is 29.0 Å². The molecule has 0 unspecified atom stereocenters. The highest BCUT2D eigenvalue weighted by molar-refractivity contribution is 5.83. The van der Waals surface area contributed by atoms with E-state index < -0.39 is 0 Å². The van der Waals surface area contributed by atoms with Gasteiger partial charge < -0.3 is 14.6 Å². The Morgan fingerprint density at radius 1 is 1.27 bits per heavy atom. The molecule has 0 spiro atoms. The van der Waals surface area contributed by atoms with E-state index >= 15 is 0 Å². The predicted molar refractivity (Wildman–Crippen MR) is 99.3 cm³/mol. The maximum absolute atomic E-state index is 12.5. The summed E-state index contributed by atoms with van der Waals surface area (Å²) in [5.41, 5.74) is 3.23. The molecule has 1 heterocycles. The largest absolute Gasteiger partial charge is 0.496 e. The Morgan fingerprint density at radius 3 is 2.96 bits per heavy atom. The zero-order chi connectivity index (χ0) is 17.9. The fraction of sp³-hybridized carbons (Fsp3) is 0.238. The van der Waals surface area contributed by atoms with E-state index in [2.05, 4.69) is 16.4 Å². The highest BCUT2D eigenvalue weighted by Gasteiger charge is 2.45. The highest BCUT2D eigenvalue weighted by Crippen LogP contribution is 2.50. The fourth-order valence-corrected chi connectivity index (χ4v) is 3.36. The lowest BCUT2D eigenvalue weighted by Gasteiger charge is -2.09. The number of hydrogen-bond acceptors (Lipinski definition) is 3. The second-order valence-electron chi connectivity index (χ2n) is 6.55. The van der Waals surface area contributed by atoms with Crippen LogP contribution < -0.4 is 10.1 Å². The Bertz CT molecular complexity index is 905. The molecule has 1 amide bonds. The molecule has 0 aliphatic heterocycles. The van der Waals surface area contributed by atoms with E-state index in [1.807, 2.05) is 53.2 Å². The molecule has 4 rings (SSSR count). The van der Waals surface area contributed by atoms with Gasteiger partial charge in [-0.2, -0.15) is 0 Å². The molecule has 0 bridgehead atoms. The Kier molecular flexibility index (Phi) is 4.44. The summed E-state index contributed by atoms with van der Waals surface area (Å²) in [6, 6.07) is 16.0. The third kappa shape index (κ3) is 3.33. The van der Waals surface area contributed by atoms with Gasteiger partial charge in [0, 0.05) is 30.5 Å². The smallest absolute Gasteiger partial charge is 0.224 e. The van der Waals surface area contributed by atoms with Gasteiger partial charge in [-0.1, -0.05) is 30.3 Å².